The summed E-state index contributed by atoms with van der Waals surface area (Å²) in [6.07, 6.45) is 0. The molecule has 1 unspecified atom stereocenters. The lowest BCUT2D eigenvalue weighted by Crippen LogP contribution is -2.15. The molecule has 1 atom stereocenters. The van der Waals surface area contributed by atoms with Crippen molar-refractivity contribution in [2.75, 3.05) is 6.61 Å². The number of benzene rings is 1. The zero-order valence-electron chi connectivity index (χ0n) is 12.4. The first-order chi connectivity index (χ1) is 10.6. The van der Waals surface area contributed by atoms with E-state index < -0.39 is 0 Å². The van der Waals surface area contributed by atoms with Gasteiger partial charge in [-0.25, -0.2) is 4.79 Å². The summed E-state index contributed by atoms with van der Waals surface area (Å²) >= 11 is 1.63. The van der Waals surface area contributed by atoms with Gasteiger partial charge in [0.05, 0.1) is 12.6 Å². The van der Waals surface area contributed by atoms with E-state index in [4.69, 9.17) is 4.74 Å². The Hall–Kier alpha value is -2.27. The van der Waals surface area contributed by atoms with Crippen LogP contribution in [0.4, 0.5) is 0 Å². The van der Waals surface area contributed by atoms with Gasteiger partial charge in [0.2, 0.25) is 0 Å². The molecule has 0 saturated carbocycles. The number of hydrogen-bond acceptors (Lipinski definition) is 4. The van der Waals surface area contributed by atoms with Crippen LogP contribution in [0.2, 0.25) is 0 Å². The van der Waals surface area contributed by atoms with Gasteiger partial charge in [-0.3, -0.25) is 0 Å². The molecule has 0 aliphatic rings. The van der Waals surface area contributed by atoms with E-state index in [9.17, 15) is 9.90 Å². The van der Waals surface area contributed by atoms with Crippen LogP contribution in [0, 0.1) is 0 Å². The van der Waals surface area contributed by atoms with Gasteiger partial charge in [-0.1, -0.05) is 0 Å². The normalized spacial score (nSPS) is 12.5. The number of rotatable bonds is 4. The molecule has 1 N–H and O–H groups in total. The monoisotopic (exact) mass is 315 g/mol. The fourth-order valence-electron chi connectivity index (χ4n) is 2.66. The van der Waals surface area contributed by atoms with Crippen molar-refractivity contribution in [1.29, 1.82) is 0 Å². The summed E-state index contributed by atoms with van der Waals surface area (Å²) in [6.45, 7) is 4.18. The Labute approximate surface area is 132 Å². The quantitative estimate of drug-likeness (QED) is 0.734. The Morgan fingerprint density at radius 2 is 2.18 bits per heavy atom. The molecule has 0 saturated heterocycles. The molecule has 0 fully saturated rings. The van der Waals surface area contributed by atoms with Gasteiger partial charge in [0, 0.05) is 10.9 Å². The molecule has 2 heterocycles. The number of esters is 1. The zero-order valence-corrected chi connectivity index (χ0v) is 13.3. The van der Waals surface area contributed by atoms with Gasteiger partial charge < -0.3 is 14.4 Å². The van der Waals surface area contributed by atoms with Crippen molar-refractivity contribution in [3.8, 4) is 5.75 Å². The lowest BCUT2D eigenvalue weighted by Gasteiger charge is -2.17. The molecule has 22 heavy (non-hydrogen) atoms. The molecular formula is C17H17NO3S. The Morgan fingerprint density at radius 3 is 2.86 bits per heavy atom. The molecule has 2 aromatic heterocycles. The summed E-state index contributed by atoms with van der Waals surface area (Å²) < 4.78 is 7.14. The zero-order chi connectivity index (χ0) is 15.7. The molecule has 3 rings (SSSR count). The van der Waals surface area contributed by atoms with E-state index in [0.29, 0.717) is 12.3 Å². The number of aromatic nitrogens is 1. The minimum Gasteiger partial charge on any atom is -0.508 e. The Kier molecular flexibility index (Phi) is 3.90. The van der Waals surface area contributed by atoms with Crippen LogP contribution in [0.3, 0.4) is 0 Å². The van der Waals surface area contributed by atoms with Crippen molar-refractivity contribution >= 4 is 28.2 Å². The minimum absolute atomic E-state index is 0.00713. The van der Waals surface area contributed by atoms with Crippen molar-refractivity contribution in [3.05, 3.63) is 52.3 Å². The van der Waals surface area contributed by atoms with Crippen LogP contribution in [0.25, 0.3) is 10.9 Å². The molecule has 5 heteroatoms. The minimum atomic E-state index is -0.347. The van der Waals surface area contributed by atoms with E-state index in [0.717, 1.165) is 16.5 Å². The lowest BCUT2D eigenvalue weighted by atomic mass is 10.1. The molecule has 3 aromatic rings. The van der Waals surface area contributed by atoms with Crippen molar-refractivity contribution in [3.63, 3.8) is 0 Å². The summed E-state index contributed by atoms with van der Waals surface area (Å²) in [6, 6.07) is 8.96. The Balaban J connectivity index is 2.20. The summed E-state index contributed by atoms with van der Waals surface area (Å²) in [5.41, 5.74) is 2.54. The number of aromatic hydroxyl groups is 1. The molecule has 0 amide bonds. The predicted molar refractivity (Wildman–Crippen MR) is 87.7 cm³/mol. The highest BCUT2D eigenvalue weighted by Gasteiger charge is 2.21. The van der Waals surface area contributed by atoms with Gasteiger partial charge in [0.15, 0.2) is 0 Å². The molecule has 1 aromatic carbocycles. The molecule has 114 valence electrons. The van der Waals surface area contributed by atoms with E-state index in [-0.39, 0.29) is 17.8 Å². The second kappa shape index (κ2) is 5.85. The largest absolute Gasteiger partial charge is 0.508 e. The summed E-state index contributed by atoms with van der Waals surface area (Å²) in [4.78, 5) is 12.3. The third-order valence-corrected chi connectivity index (χ3v) is 4.42. The van der Waals surface area contributed by atoms with Gasteiger partial charge in [-0.05, 0) is 60.5 Å². The number of phenols is 1. The van der Waals surface area contributed by atoms with Gasteiger partial charge in [-0.15, -0.1) is 0 Å². The fraction of sp³-hybridized carbons (Fsp3) is 0.235. The molecule has 0 aliphatic heterocycles. The fourth-order valence-corrected chi connectivity index (χ4v) is 3.41. The van der Waals surface area contributed by atoms with Crippen LogP contribution in [-0.2, 0) is 4.74 Å². The van der Waals surface area contributed by atoms with Crippen LogP contribution in [0.5, 0.6) is 5.75 Å². The third-order valence-electron chi connectivity index (χ3n) is 3.72. The first kappa shape index (κ1) is 14.7. The molecule has 0 bridgehead atoms. The Bertz CT molecular complexity index is 805. The maximum absolute atomic E-state index is 12.3. The highest BCUT2D eigenvalue weighted by Crippen LogP contribution is 2.31. The smallest absolute Gasteiger partial charge is 0.354 e. The molecule has 0 spiro atoms. The Morgan fingerprint density at radius 1 is 1.36 bits per heavy atom. The SMILES string of the molecule is CCOC(=O)c1cc2cc(O)ccc2n1C(C)c1ccsc1. The first-order valence-corrected chi connectivity index (χ1v) is 8.09. The van der Waals surface area contributed by atoms with Crippen LogP contribution in [0.15, 0.2) is 41.1 Å². The number of hydrogen-bond donors (Lipinski definition) is 1. The van der Waals surface area contributed by atoms with Crippen molar-refractivity contribution in [2.24, 2.45) is 0 Å². The van der Waals surface area contributed by atoms with Crippen LogP contribution < -0.4 is 0 Å². The van der Waals surface area contributed by atoms with E-state index in [1.807, 2.05) is 16.0 Å². The number of ether oxygens (including phenoxy) is 1. The molecule has 0 aliphatic carbocycles. The first-order valence-electron chi connectivity index (χ1n) is 7.15. The number of phenolic OH excluding ortho intramolecular Hbond substituents is 1. The van der Waals surface area contributed by atoms with Crippen molar-refractivity contribution < 1.29 is 14.6 Å². The van der Waals surface area contributed by atoms with Gasteiger partial charge >= 0.3 is 5.97 Å². The van der Waals surface area contributed by atoms with E-state index >= 15 is 0 Å². The van der Waals surface area contributed by atoms with Crippen molar-refractivity contribution in [1.82, 2.24) is 4.57 Å². The topological polar surface area (TPSA) is 51.5 Å². The molecule has 0 radical (unpaired) electrons. The third kappa shape index (κ3) is 2.48. The molecule has 4 nitrogen and oxygen atoms in total. The number of fused-ring (bicyclic) bond motifs is 1. The average Bonchev–Trinajstić information content (AvgIpc) is 3.13. The lowest BCUT2D eigenvalue weighted by molar-refractivity contribution is 0.0513. The average molecular weight is 315 g/mol. The van der Waals surface area contributed by atoms with E-state index in [2.05, 4.69) is 18.4 Å². The highest BCUT2D eigenvalue weighted by molar-refractivity contribution is 7.07. The maximum atomic E-state index is 12.3. The van der Waals surface area contributed by atoms with Crippen molar-refractivity contribution in [2.45, 2.75) is 19.9 Å². The van der Waals surface area contributed by atoms with Gasteiger partial charge in [-0.2, -0.15) is 11.3 Å². The van der Waals surface area contributed by atoms with Crippen LogP contribution in [-0.4, -0.2) is 22.2 Å². The van der Waals surface area contributed by atoms with E-state index in [1.165, 1.54) is 0 Å². The number of carbonyl (C=O) groups excluding carboxylic acids is 1. The number of nitrogens with zero attached hydrogens (tertiary/aromatic N) is 1. The van der Waals surface area contributed by atoms with Crippen LogP contribution in [0.1, 0.15) is 35.9 Å². The second-order valence-corrected chi connectivity index (χ2v) is 5.88. The maximum Gasteiger partial charge on any atom is 0.354 e. The van der Waals surface area contributed by atoms with Crippen LogP contribution >= 0.6 is 11.3 Å². The molecular weight excluding hydrogens is 298 g/mol. The predicted octanol–water partition coefficient (Wildman–Crippen LogP) is 4.19. The van der Waals surface area contributed by atoms with E-state index in [1.54, 1.807) is 36.5 Å². The van der Waals surface area contributed by atoms with Gasteiger partial charge in [0.1, 0.15) is 11.4 Å². The number of thiophene rings is 1. The standard InChI is InChI=1S/C17H17NO3S/c1-3-21-17(20)16-9-13-8-14(19)4-5-15(13)18(16)11(2)12-6-7-22-10-12/h4-11,19H,3H2,1-2H3. The highest BCUT2D eigenvalue weighted by atomic mass is 32.1. The van der Waals surface area contributed by atoms with Gasteiger partial charge in [0.25, 0.3) is 0 Å². The summed E-state index contributed by atoms with van der Waals surface area (Å²) in [5, 5.41) is 14.6. The summed E-state index contributed by atoms with van der Waals surface area (Å²) in [7, 11) is 0. The number of carbonyl (C=O) groups is 1. The second-order valence-electron chi connectivity index (χ2n) is 5.10. The summed E-state index contributed by atoms with van der Waals surface area (Å²) in [5.74, 6) is -0.163.